The fourth-order valence-corrected chi connectivity index (χ4v) is 2.03. The summed E-state index contributed by atoms with van der Waals surface area (Å²) < 4.78 is 26.7. The summed E-state index contributed by atoms with van der Waals surface area (Å²) in [5.41, 5.74) is 0. The summed E-state index contributed by atoms with van der Waals surface area (Å²) >= 11 is 0. The Morgan fingerprint density at radius 2 is 2.07 bits per heavy atom. The van der Waals surface area contributed by atoms with Crippen molar-refractivity contribution in [2.75, 3.05) is 18.6 Å². The van der Waals surface area contributed by atoms with Crippen LogP contribution in [0.15, 0.2) is 0 Å². The third kappa shape index (κ3) is 6.43. The monoisotopic (exact) mass is 219 g/mol. The van der Waals surface area contributed by atoms with E-state index in [0.29, 0.717) is 0 Å². The van der Waals surface area contributed by atoms with Gasteiger partial charge in [0.2, 0.25) is 0 Å². The Bertz CT molecular complexity index is 315. The van der Waals surface area contributed by atoms with Gasteiger partial charge in [-0.1, -0.05) is 0 Å². The molecular weight excluding hydrogens is 206 g/mol. The molecule has 0 rings (SSSR count). The minimum absolute atomic E-state index is 0.000553. The number of ether oxygens (including phenoxy) is 1. The lowest BCUT2D eigenvalue weighted by atomic mass is 10.3. The summed E-state index contributed by atoms with van der Waals surface area (Å²) in [7, 11) is -1.92. The lowest BCUT2D eigenvalue weighted by Crippen LogP contribution is -2.12. The normalized spacial score (nSPS) is 10.6. The second-order valence-corrected chi connectivity index (χ2v) is 5.04. The number of hydrogen-bond acceptors (Lipinski definition) is 5. The molecule has 5 nitrogen and oxygen atoms in total. The maximum Gasteiger partial charge on any atom is 0.305 e. The predicted molar refractivity (Wildman–Crippen MR) is 50.1 cm³/mol. The van der Waals surface area contributed by atoms with Crippen molar-refractivity contribution in [1.29, 1.82) is 5.26 Å². The largest absolute Gasteiger partial charge is 0.469 e. The van der Waals surface area contributed by atoms with Crippen molar-refractivity contribution in [2.45, 2.75) is 19.3 Å². The van der Waals surface area contributed by atoms with E-state index >= 15 is 0 Å². The van der Waals surface area contributed by atoms with Gasteiger partial charge in [0.1, 0.15) is 0 Å². The van der Waals surface area contributed by atoms with Crippen molar-refractivity contribution in [1.82, 2.24) is 0 Å². The van der Waals surface area contributed by atoms with Crippen LogP contribution in [0.3, 0.4) is 0 Å². The van der Waals surface area contributed by atoms with E-state index in [1.807, 2.05) is 0 Å². The van der Waals surface area contributed by atoms with Crippen molar-refractivity contribution < 1.29 is 17.9 Å². The van der Waals surface area contributed by atoms with Gasteiger partial charge in [0.15, 0.2) is 9.84 Å². The lowest BCUT2D eigenvalue weighted by molar-refractivity contribution is -0.140. The molecule has 0 aliphatic rings. The second kappa shape index (κ2) is 6.38. The third-order valence-electron chi connectivity index (χ3n) is 1.59. The van der Waals surface area contributed by atoms with Gasteiger partial charge in [-0.25, -0.2) is 8.42 Å². The third-order valence-corrected chi connectivity index (χ3v) is 3.33. The van der Waals surface area contributed by atoms with Crippen LogP contribution in [-0.4, -0.2) is 33.0 Å². The number of hydrogen-bond donors (Lipinski definition) is 0. The van der Waals surface area contributed by atoms with Crippen molar-refractivity contribution in [3.8, 4) is 6.07 Å². The van der Waals surface area contributed by atoms with Crippen molar-refractivity contribution in [3.63, 3.8) is 0 Å². The lowest BCUT2D eigenvalue weighted by Gasteiger charge is -2.00. The molecule has 0 saturated heterocycles. The number of carbonyl (C=O) groups is 1. The first-order valence-corrected chi connectivity index (χ1v) is 5.98. The molecular formula is C8H13NO4S. The Morgan fingerprint density at radius 3 is 2.57 bits per heavy atom. The van der Waals surface area contributed by atoms with E-state index in [1.165, 1.54) is 7.11 Å². The highest BCUT2D eigenvalue weighted by atomic mass is 32.2. The van der Waals surface area contributed by atoms with E-state index in [1.54, 1.807) is 6.07 Å². The van der Waals surface area contributed by atoms with Gasteiger partial charge >= 0.3 is 5.97 Å². The zero-order valence-electron chi connectivity index (χ0n) is 8.02. The molecule has 0 fully saturated rings. The van der Waals surface area contributed by atoms with Crippen LogP contribution >= 0.6 is 0 Å². The molecule has 0 saturated carbocycles. The fraction of sp³-hybridized carbons (Fsp3) is 0.750. The first kappa shape index (κ1) is 12.9. The smallest absolute Gasteiger partial charge is 0.305 e. The minimum atomic E-state index is -3.18. The van der Waals surface area contributed by atoms with Crippen LogP contribution in [0.5, 0.6) is 0 Å². The number of rotatable bonds is 6. The highest BCUT2D eigenvalue weighted by molar-refractivity contribution is 7.91. The van der Waals surface area contributed by atoms with Gasteiger partial charge in [-0.3, -0.25) is 4.79 Å². The molecule has 0 aromatic rings. The van der Waals surface area contributed by atoms with Crippen LogP contribution in [0.2, 0.25) is 0 Å². The van der Waals surface area contributed by atoms with E-state index < -0.39 is 15.8 Å². The van der Waals surface area contributed by atoms with Gasteiger partial charge in [-0.05, 0) is 6.42 Å². The minimum Gasteiger partial charge on any atom is -0.469 e. The first-order valence-electron chi connectivity index (χ1n) is 4.16. The Balaban J connectivity index is 3.78. The van der Waals surface area contributed by atoms with Crippen LogP contribution in [0, 0.1) is 11.3 Å². The summed E-state index contributed by atoms with van der Waals surface area (Å²) in [4.78, 5) is 10.6. The predicted octanol–water partition coefficient (Wildman–Crippen LogP) is 0.268. The van der Waals surface area contributed by atoms with Crippen molar-refractivity contribution in [3.05, 3.63) is 0 Å². The van der Waals surface area contributed by atoms with Gasteiger partial charge in [0, 0.05) is 12.8 Å². The number of methoxy groups -OCH3 is 1. The molecule has 0 N–H and O–H groups in total. The maximum atomic E-state index is 11.2. The van der Waals surface area contributed by atoms with Gasteiger partial charge in [-0.15, -0.1) is 0 Å². The molecule has 14 heavy (non-hydrogen) atoms. The van der Waals surface area contributed by atoms with Crippen LogP contribution in [-0.2, 0) is 19.4 Å². The van der Waals surface area contributed by atoms with Gasteiger partial charge in [0.25, 0.3) is 0 Å². The number of nitriles is 1. The molecule has 6 heteroatoms. The Hall–Kier alpha value is -1.09. The van der Waals surface area contributed by atoms with E-state index in [9.17, 15) is 13.2 Å². The SMILES string of the molecule is COC(=O)CCCS(=O)(=O)CCC#N. The number of esters is 1. The van der Waals surface area contributed by atoms with Crippen LogP contribution in [0.4, 0.5) is 0 Å². The Kier molecular flexibility index (Phi) is 5.88. The summed E-state index contributed by atoms with van der Waals surface area (Å²) in [6.07, 6.45) is 0.350. The van der Waals surface area contributed by atoms with Gasteiger partial charge in [-0.2, -0.15) is 5.26 Å². The molecule has 0 aromatic heterocycles. The molecule has 0 bridgehead atoms. The van der Waals surface area contributed by atoms with Gasteiger partial charge in [0.05, 0.1) is 24.7 Å². The second-order valence-electron chi connectivity index (χ2n) is 2.74. The fourth-order valence-electron chi connectivity index (χ4n) is 0.842. The number of sulfone groups is 1. The molecule has 0 atom stereocenters. The molecule has 0 aromatic carbocycles. The topological polar surface area (TPSA) is 84.2 Å². The molecule has 0 amide bonds. The Morgan fingerprint density at radius 1 is 1.43 bits per heavy atom. The van der Waals surface area contributed by atoms with E-state index in [-0.39, 0.29) is 30.8 Å². The molecule has 0 unspecified atom stereocenters. The van der Waals surface area contributed by atoms with Gasteiger partial charge < -0.3 is 4.74 Å². The van der Waals surface area contributed by atoms with Crippen LogP contribution in [0.1, 0.15) is 19.3 Å². The van der Waals surface area contributed by atoms with E-state index in [4.69, 9.17) is 5.26 Å². The molecule has 0 aliphatic carbocycles. The van der Waals surface area contributed by atoms with Crippen LogP contribution < -0.4 is 0 Å². The zero-order chi connectivity index (χ0) is 11.0. The zero-order valence-corrected chi connectivity index (χ0v) is 8.84. The van der Waals surface area contributed by atoms with Crippen molar-refractivity contribution in [2.24, 2.45) is 0 Å². The average Bonchev–Trinajstić information content (AvgIpc) is 2.14. The summed E-state index contributed by atoms with van der Waals surface area (Å²) in [6, 6.07) is 1.76. The molecule has 80 valence electrons. The number of nitrogens with zero attached hydrogens (tertiary/aromatic N) is 1. The van der Waals surface area contributed by atoms with E-state index in [0.717, 1.165) is 0 Å². The quantitative estimate of drug-likeness (QED) is 0.598. The molecule has 0 radical (unpaired) electrons. The average molecular weight is 219 g/mol. The summed E-state index contributed by atoms with van der Waals surface area (Å²) in [6.45, 7) is 0. The Labute approximate surface area is 83.6 Å². The standard InChI is InChI=1S/C8H13NO4S/c1-13-8(10)4-2-6-14(11,12)7-3-5-9/h2-4,6-7H2,1H3. The highest BCUT2D eigenvalue weighted by Gasteiger charge is 2.11. The highest BCUT2D eigenvalue weighted by Crippen LogP contribution is 2.00. The number of carbonyl (C=O) groups excluding carboxylic acids is 1. The molecule has 0 aliphatic heterocycles. The summed E-state index contributed by atoms with van der Waals surface area (Å²) in [5, 5.41) is 8.19. The summed E-state index contributed by atoms with van der Waals surface area (Å²) in [5.74, 6) is -0.616. The van der Waals surface area contributed by atoms with Crippen molar-refractivity contribution >= 4 is 15.8 Å². The van der Waals surface area contributed by atoms with Crippen LogP contribution in [0.25, 0.3) is 0 Å². The molecule has 0 spiro atoms. The maximum absolute atomic E-state index is 11.2. The first-order chi connectivity index (χ1) is 6.52. The van der Waals surface area contributed by atoms with E-state index in [2.05, 4.69) is 4.74 Å². The molecule has 0 heterocycles.